The Bertz CT molecular complexity index is 254. The molecule has 0 aliphatic heterocycles. The third kappa shape index (κ3) is 3.24. The number of nitrogens with one attached hydrogen (secondary N) is 1. The zero-order chi connectivity index (χ0) is 11.4. The van der Waals surface area contributed by atoms with E-state index in [1.54, 1.807) is 0 Å². The first kappa shape index (κ1) is 12.8. The molecule has 0 aromatic carbocycles. The number of rotatable bonds is 5. The molecular formula is C5H8BrN3O5. The summed E-state index contributed by atoms with van der Waals surface area (Å²) in [5, 5.41) is 22.9. The fourth-order valence-corrected chi connectivity index (χ4v) is 0.845. The van der Waals surface area contributed by atoms with Gasteiger partial charge in [0.05, 0.1) is 15.9 Å². The minimum absolute atomic E-state index is 0.136. The number of carbonyl (C=O) groups is 1. The van der Waals surface area contributed by atoms with Gasteiger partial charge in [-0.05, 0) is 0 Å². The zero-order valence-corrected chi connectivity index (χ0v) is 8.81. The summed E-state index contributed by atoms with van der Waals surface area (Å²) in [5.74, 6) is -0.397. The summed E-state index contributed by atoms with van der Waals surface area (Å²) in [6.45, 7) is 1.08. The maximum atomic E-state index is 10.4. The lowest BCUT2D eigenvalue weighted by Gasteiger charge is -2.10. The highest BCUT2D eigenvalue weighted by Gasteiger charge is 2.52. The van der Waals surface area contributed by atoms with E-state index in [9.17, 15) is 25.0 Å². The second kappa shape index (κ2) is 4.84. The highest BCUT2D eigenvalue weighted by molar-refractivity contribution is 9.09. The van der Waals surface area contributed by atoms with Crippen LogP contribution in [0.15, 0.2) is 0 Å². The maximum absolute atomic E-state index is 10.4. The van der Waals surface area contributed by atoms with E-state index >= 15 is 0 Å². The molecule has 1 N–H and O–H groups in total. The molecule has 0 atom stereocenters. The Hall–Kier alpha value is -1.25. The molecule has 0 aromatic rings. The molecule has 80 valence electrons. The number of halogens is 1. The number of carbonyl (C=O) groups excluding carboxylic acids is 1. The Morgan fingerprint density at radius 1 is 1.43 bits per heavy atom. The number of alkyl halides is 1. The predicted octanol–water partition coefficient (Wildman–Crippen LogP) is 0.115. The number of nitrogens with zero attached hydrogens (tertiary/aromatic N) is 2. The largest absolute Gasteiger partial charge is 0.512 e. The van der Waals surface area contributed by atoms with Crippen LogP contribution in [-0.4, -0.2) is 26.9 Å². The number of amides is 1. The number of nitro groups is 2. The van der Waals surface area contributed by atoms with Crippen molar-refractivity contribution >= 4 is 21.8 Å². The van der Waals surface area contributed by atoms with E-state index in [2.05, 4.69) is 21.2 Å². The van der Waals surface area contributed by atoms with E-state index in [0.29, 0.717) is 0 Å². The summed E-state index contributed by atoms with van der Waals surface area (Å²) in [6.07, 6.45) is -0.424. The molecule has 0 fully saturated rings. The molecule has 0 saturated carbocycles. The van der Waals surface area contributed by atoms with Gasteiger partial charge in [-0.3, -0.25) is 25.0 Å². The molecule has 14 heavy (non-hydrogen) atoms. The standard InChI is InChI=1S/C5H8BrN3O5/c1-4(10)7-3-2-5(6,8(11)12)9(13)14/h2-3H2,1H3,(H,7,10). The first-order valence-corrected chi connectivity index (χ1v) is 4.32. The van der Waals surface area contributed by atoms with Gasteiger partial charge in [0.25, 0.3) is 0 Å². The monoisotopic (exact) mass is 269 g/mol. The molecule has 0 rings (SSSR count). The fraction of sp³-hybridized carbons (Fsp3) is 0.800. The van der Waals surface area contributed by atoms with Crippen LogP contribution in [0, 0.1) is 20.2 Å². The average molecular weight is 270 g/mol. The molecule has 0 aromatic heterocycles. The number of hydrogen-bond acceptors (Lipinski definition) is 5. The molecule has 8 nitrogen and oxygen atoms in total. The van der Waals surface area contributed by atoms with Gasteiger partial charge >= 0.3 is 4.57 Å². The van der Waals surface area contributed by atoms with Crippen molar-refractivity contribution in [3.63, 3.8) is 0 Å². The van der Waals surface area contributed by atoms with E-state index in [1.807, 2.05) is 0 Å². The number of hydrogen-bond donors (Lipinski definition) is 1. The van der Waals surface area contributed by atoms with Crippen molar-refractivity contribution in [2.75, 3.05) is 6.54 Å². The minimum atomic E-state index is -2.42. The Balaban J connectivity index is 4.32. The van der Waals surface area contributed by atoms with Crippen molar-refractivity contribution < 1.29 is 14.6 Å². The van der Waals surface area contributed by atoms with Crippen molar-refractivity contribution in [1.82, 2.24) is 5.32 Å². The summed E-state index contributed by atoms with van der Waals surface area (Å²) in [4.78, 5) is 29.0. The van der Waals surface area contributed by atoms with Gasteiger partial charge in [0, 0.05) is 13.5 Å². The third-order valence-electron chi connectivity index (χ3n) is 1.38. The van der Waals surface area contributed by atoms with E-state index in [4.69, 9.17) is 0 Å². The maximum Gasteiger partial charge on any atom is 0.512 e. The molecule has 1 amide bonds. The average Bonchev–Trinajstić information content (AvgIpc) is 2.02. The molecular weight excluding hydrogens is 262 g/mol. The van der Waals surface area contributed by atoms with Gasteiger partial charge < -0.3 is 5.32 Å². The summed E-state index contributed by atoms with van der Waals surface area (Å²) in [7, 11) is 0. The highest BCUT2D eigenvalue weighted by Crippen LogP contribution is 2.23. The van der Waals surface area contributed by atoms with Gasteiger partial charge in [0.15, 0.2) is 0 Å². The van der Waals surface area contributed by atoms with Crippen LogP contribution in [0.25, 0.3) is 0 Å². The van der Waals surface area contributed by atoms with Gasteiger partial charge in [-0.25, -0.2) is 0 Å². The molecule has 0 saturated heterocycles. The predicted molar refractivity (Wildman–Crippen MR) is 48.9 cm³/mol. The molecule has 0 aliphatic carbocycles. The van der Waals surface area contributed by atoms with Crippen molar-refractivity contribution in [2.24, 2.45) is 0 Å². The Morgan fingerprint density at radius 2 is 1.86 bits per heavy atom. The van der Waals surface area contributed by atoms with Crippen molar-refractivity contribution in [2.45, 2.75) is 17.9 Å². The van der Waals surface area contributed by atoms with Crippen molar-refractivity contribution in [3.8, 4) is 0 Å². The van der Waals surface area contributed by atoms with Crippen molar-refractivity contribution in [3.05, 3.63) is 20.2 Å². The lowest BCUT2D eigenvalue weighted by molar-refractivity contribution is -0.758. The van der Waals surface area contributed by atoms with E-state index in [1.165, 1.54) is 6.92 Å². The Morgan fingerprint density at radius 3 is 2.14 bits per heavy atom. The molecule has 0 aliphatic rings. The summed E-state index contributed by atoms with van der Waals surface area (Å²) >= 11 is 2.41. The second-order valence-electron chi connectivity index (χ2n) is 2.47. The molecule has 0 unspecified atom stereocenters. The second-order valence-corrected chi connectivity index (χ2v) is 3.74. The van der Waals surface area contributed by atoms with Crippen LogP contribution < -0.4 is 5.32 Å². The first-order chi connectivity index (χ1) is 6.30. The van der Waals surface area contributed by atoms with Crippen LogP contribution >= 0.6 is 15.9 Å². The van der Waals surface area contributed by atoms with E-state index in [0.717, 1.165) is 0 Å². The van der Waals surface area contributed by atoms with E-state index in [-0.39, 0.29) is 6.54 Å². The van der Waals surface area contributed by atoms with Crippen LogP contribution in [0.3, 0.4) is 0 Å². The lowest BCUT2D eigenvalue weighted by Crippen LogP contribution is -2.42. The zero-order valence-electron chi connectivity index (χ0n) is 7.23. The lowest BCUT2D eigenvalue weighted by atomic mass is 10.3. The normalized spacial score (nSPS) is 10.7. The van der Waals surface area contributed by atoms with Crippen molar-refractivity contribution in [1.29, 1.82) is 0 Å². The fourth-order valence-electron chi connectivity index (χ4n) is 0.647. The molecule has 0 bridgehead atoms. The van der Waals surface area contributed by atoms with Gasteiger partial charge in [-0.15, -0.1) is 0 Å². The minimum Gasteiger partial charge on any atom is -0.356 e. The van der Waals surface area contributed by atoms with Crippen LogP contribution in [0.2, 0.25) is 0 Å². The van der Waals surface area contributed by atoms with Gasteiger partial charge in [-0.1, -0.05) is 0 Å². The van der Waals surface area contributed by atoms with Crippen LogP contribution in [0.4, 0.5) is 0 Å². The van der Waals surface area contributed by atoms with Gasteiger partial charge in [-0.2, -0.15) is 0 Å². The van der Waals surface area contributed by atoms with Gasteiger partial charge in [0.1, 0.15) is 16.3 Å². The molecule has 9 heteroatoms. The van der Waals surface area contributed by atoms with Crippen LogP contribution in [0.5, 0.6) is 0 Å². The smallest absolute Gasteiger partial charge is 0.356 e. The summed E-state index contributed by atoms with van der Waals surface area (Å²) < 4.78 is -2.42. The molecule has 0 radical (unpaired) electrons. The van der Waals surface area contributed by atoms with Crippen LogP contribution in [-0.2, 0) is 4.79 Å². The van der Waals surface area contributed by atoms with Gasteiger partial charge in [0.2, 0.25) is 5.91 Å². The van der Waals surface area contributed by atoms with Crippen LogP contribution in [0.1, 0.15) is 13.3 Å². The Labute approximate surface area is 87.1 Å². The quantitative estimate of drug-likeness (QED) is 0.250. The Kier molecular flexibility index (Phi) is 4.41. The topological polar surface area (TPSA) is 115 Å². The SMILES string of the molecule is CC(=O)NCCC(Br)([N+](=O)[O-])[N+](=O)[O-]. The molecule has 0 spiro atoms. The third-order valence-corrected chi connectivity index (χ3v) is 2.35. The summed E-state index contributed by atoms with van der Waals surface area (Å²) in [5.41, 5.74) is 0. The molecule has 0 heterocycles. The highest BCUT2D eigenvalue weighted by atomic mass is 79.9. The summed E-state index contributed by atoms with van der Waals surface area (Å²) in [6, 6.07) is 0. The van der Waals surface area contributed by atoms with E-state index < -0.39 is 26.7 Å². The first-order valence-electron chi connectivity index (χ1n) is 3.53.